The van der Waals surface area contributed by atoms with Crippen LogP contribution in [0.15, 0.2) is 63.4 Å². The molecule has 1 N–H and O–H groups in total. The molecule has 0 spiro atoms. The monoisotopic (exact) mass is 497 g/mol. The molecule has 3 rings (SSSR count). The minimum atomic E-state index is -0.185. The molecule has 0 bridgehead atoms. The molecule has 6 nitrogen and oxygen atoms in total. The van der Waals surface area contributed by atoms with Gasteiger partial charge in [-0.2, -0.15) is 5.10 Å². The number of ether oxygens (including phenoxy) is 2. The molecule has 8 heteroatoms. The Morgan fingerprint density at radius 3 is 2.74 bits per heavy atom. The molecule has 3 aromatic rings. The molecule has 34 heavy (non-hydrogen) atoms. The van der Waals surface area contributed by atoms with Crippen molar-refractivity contribution in [3.05, 3.63) is 59.5 Å². The van der Waals surface area contributed by atoms with Crippen molar-refractivity contribution in [1.82, 2.24) is 10.4 Å². The fraction of sp³-hybridized carbons (Fsp3) is 0.346. The van der Waals surface area contributed by atoms with Gasteiger partial charge in [-0.25, -0.2) is 10.4 Å². The van der Waals surface area contributed by atoms with E-state index in [2.05, 4.69) is 22.4 Å². The van der Waals surface area contributed by atoms with Crippen LogP contribution in [-0.2, 0) is 4.79 Å². The summed E-state index contributed by atoms with van der Waals surface area (Å²) in [5.74, 6) is 1.47. The van der Waals surface area contributed by atoms with Crippen LogP contribution in [0.3, 0.4) is 0 Å². The number of carbonyl (C=O) groups is 1. The van der Waals surface area contributed by atoms with E-state index in [-0.39, 0.29) is 11.7 Å². The van der Waals surface area contributed by atoms with E-state index in [0.717, 1.165) is 33.3 Å². The van der Waals surface area contributed by atoms with Gasteiger partial charge in [0.05, 0.1) is 30.9 Å². The quantitative estimate of drug-likeness (QED) is 0.121. The van der Waals surface area contributed by atoms with E-state index in [1.807, 2.05) is 60.8 Å². The molecule has 0 atom stereocenters. The molecule has 0 aliphatic carbocycles. The molecule has 0 aliphatic rings. The first kappa shape index (κ1) is 25.8. The molecule has 0 aliphatic heterocycles. The van der Waals surface area contributed by atoms with E-state index in [0.29, 0.717) is 19.0 Å². The van der Waals surface area contributed by atoms with Gasteiger partial charge in [-0.05, 0) is 37.1 Å². The van der Waals surface area contributed by atoms with Crippen molar-refractivity contribution in [1.29, 1.82) is 0 Å². The largest absolute Gasteiger partial charge is 0.490 e. The fourth-order valence-corrected chi connectivity index (χ4v) is 4.73. The molecule has 1 heterocycles. The number of unbranched alkanes of at least 4 members (excludes halogenated alkanes) is 3. The average Bonchev–Trinajstić information content (AvgIpc) is 3.34. The normalized spacial score (nSPS) is 11.0. The van der Waals surface area contributed by atoms with Crippen molar-refractivity contribution in [3.8, 4) is 22.8 Å². The second kappa shape index (κ2) is 14.4. The Bertz CT molecular complexity index is 1050. The number of amides is 1. The highest BCUT2D eigenvalue weighted by molar-refractivity contribution is 8.01. The van der Waals surface area contributed by atoms with E-state index in [9.17, 15) is 4.79 Å². The predicted molar refractivity (Wildman–Crippen MR) is 141 cm³/mol. The lowest BCUT2D eigenvalue weighted by Crippen LogP contribution is -2.19. The standard InChI is InChI=1S/C26H31N3O3S2/c1-3-5-6-10-15-32-23-14-13-20(16-24(23)31-4-2)17-27-29-25(30)19-34-26-28-22(18-33-26)21-11-8-7-9-12-21/h7-9,11-14,16-18H,3-6,10,15,19H2,1-2H3,(H,29,30)/b27-17+. The Morgan fingerprint density at radius 2 is 1.94 bits per heavy atom. The van der Waals surface area contributed by atoms with Crippen molar-refractivity contribution in [2.45, 2.75) is 43.9 Å². The number of hydrogen-bond acceptors (Lipinski definition) is 7. The minimum absolute atomic E-state index is 0.185. The number of nitrogens with zero attached hydrogens (tertiary/aromatic N) is 2. The van der Waals surface area contributed by atoms with Crippen molar-refractivity contribution in [2.24, 2.45) is 5.10 Å². The number of aromatic nitrogens is 1. The maximum atomic E-state index is 12.2. The van der Waals surface area contributed by atoms with Crippen LogP contribution in [0, 0.1) is 0 Å². The lowest BCUT2D eigenvalue weighted by molar-refractivity contribution is -0.118. The van der Waals surface area contributed by atoms with Crippen LogP contribution in [-0.4, -0.2) is 36.1 Å². The zero-order valence-electron chi connectivity index (χ0n) is 19.7. The topological polar surface area (TPSA) is 72.8 Å². The molecule has 0 saturated heterocycles. The third-order valence-corrected chi connectivity index (χ3v) is 6.83. The van der Waals surface area contributed by atoms with Gasteiger partial charge in [0, 0.05) is 10.9 Å². The summed E-state index contributed by atoms with van der Waals surface area (Å²) in [6.07, 6.45) is 6.22. The summed E-state index contributed by atoms with van der Waals surface area (Å²) in [4.78, 5) is 16.8. The van der Waals surface area contributed by atoms with Crippen LogP contribution >= 0.6 is 23.1 Å². The fourth-order valence-electron chi connectivity index (χ4n) is 3.11. The average molecular weight is 498 g/mol. The lowest BCUT2D eigenvalue weighted by Gasteiger charge is -2.12. The van der Waals surface area contributed by atoms with Gasteiger partial charge in [0.1, 0.15) is 0 Å². The number of hydrazone groups is 1. The maximum Gasteiger partial charge on any atom is 0.250 e. The number of thiazole rings is 1. The Labute approximate surface area is 209 Å². The Kier molecular flexibility index (Phi) is 10.9. The third-order valence-electron chi connectivity index (χ3n) is 4.81. The smallest absolute Gasteiger partial charge is 0.250 e. The molecule has 0 saturated carbocycles. The van der Waals surface area contributed by atoms with E-state index < -0.39 is 0 Å². The second-order valence-electron chi connectivity index (χ2n) is 7.49. The van der Waals surface area contributed by atoms with Gasteiger partial charge >= 0.3 is 0 Å². The second-order valence-corrected chi connectivity index (χ2v) is 9.58. The van der Waals surface area contributed by atoms with Crippen molar-refractivity contribution in [2.75, 3.05) is 19.0 Å². The Balaban J connectivity index is 1.47. The first-order chi connectivity index (χ1) is 16.7. The summed E-state index contributed by atoms with van der Waals surface area (Å²) in [5.41, 5.74) is 5.39. The number of benzene rings is 2. The van der Waals surface area contributed by atoms with Gasteiger partial charge in [-0.3, -0.25) is 4.79 Å². The summed E-state index contributed by atoms with van der Waals surface area (Å²) < 4.78 is 12.5. The molecule has 180 valence electrons. The Hall–Kier alpha value is -2.84. The summed E-state index contributed by atoms with van der Waals surface area (Å²) in [5, 5.41) is 6.08. The molecular weight excluding hydrogens is 466 g/mol. The summed E-state index contributed by atoms with van der Waals surface area (Å²) in [7, 11) is 0. The third kappa shape index (κ3) is 8.50. The molecule has 0 radical (unpaired) electrons. The first-order valence-corrected chi connectivity index (χ1v) is 13.4. The van der Waals surface area contributed by atoms with Crippen LogP contribution in [0.4, 0.5) is 0 Å². The summed E-state index contributed by atoms with van der Waals surface area (Å²) >= 11 is 2.93. The molecule has 1 aromatic heterocycles. The molecule has 1 amide bonds. The van der Waals surface area contributed by atoms with E-state index in [1.54, 1.807) is 6.21 Å². The highest BCUT2D eigenvalue weighted by Gasteiger charge is 2.08. The van der Waals surface area contributed by atoms with Gasteiger partial charge in [0.2, 0.25) is 0 Å². The van der Waals surface area contributed by atoms with Crippen LogP contribution in [0.1, 0.15) is 45.1 Å². The number of nitrogens with one attached hydrogen (secondary N) is 1. The van der Waals surface area contributed by atoms with Gasteiger partial charge in [-0.15, -0.1) is 11.3 Å². The Morgan fingerprint density at radius 1 is 1.09 bits per heavy atom. The predicted octanol–water partition coefficient (Wildman–Crippen LogP) is 6.41. The van der Waals surface area contributed by atoms with Crippen LogP contribution < -0.4 is 14.9 Å². The lowest BCUT2D eigenvalue weighted by atomic mass is 10.2. The molecular formula is C26H31N3O3S2. The molecule has 0 fully saturated rings. The maximum absolute atomic E-state index is 12.2. The SMILES string of the molecule is CCCCCCOc1ccc(/C=N/NC(=O)CSc2nc(-c3ccccc3)cs2)cc1OCC. The number of hydrogen-bond donors (Lipinski definition) is 1. The van der Waals surface area contributed by atoms with E-state index in [1.165, 1.54) is 42.4 Å². The zero-order valence-corrected chi connectivity index (χ0v) is 21.3. The highest BCUT2D eigenvalue weighted by Crippen LogP contribution is 2.29. The number of rotatable bonds is 14. The summed E-state index contributed by atoms with van der Waals surface area (Å²) in [6, 6.07) is 15.6. The molecule has 2 aromatic carbocycles. The minimum Gasteiger partial charge on any atom is -0.490 e. The van der Waals surface area contributed by atoms with Gasteiger partial charge in [0.25, 0.3) is 5.91 Å². The van der Waals surface area contributed by atoms with Gasteiger partial charge in [-0.1, -0.05) is 68.3 Å². The van der Waals surface area contributed by atoms with Gasteiger partial charge in [0.15, 0.2) is 15.8 Å². The zero-order chi connectivity index (χ0) is 24.0. The van der Waals surface area contributed by atoms with E-state index in [4.69, 9.17) is 9.47 Å². The van der Waals surface area contributed by atoms with Crippen LogP contribution in [0.5, 0.6) is 11.5 Å². The van der Waals surface area contributed by atoms with Crippen LogP contribution in [0.2, 0.25) is 0 Å². The van der Waals surface area contributed by atoms with Crippen molar-refractivity contribution in [3.63, 3.8) is 0 Å². The van der Waals surface area contributed by atoms with Crippen molar-refractivity contribution < 1.29 is 14.3 Å². The first-order valence-electron chi connectivity index (χ1n) is 11.5. The number of thioether (sulfide) groups is 1. The van der Waals surface area contributed by atoms with E-state index >= 15 is 0 Å². The molecule has 0 unspecified atom stereocenters. The van der Waals surface area contributed by atoms with Gasteiger partial charge < -0.3 is 9.47 Å². The van der Waals surface area contributed by atoms with Crippen LogP contribution in [0.25, 0.3) is 11.3 Å². The highest BCUT2D eigenvalue weighted by atomic mass is 32.2. The number of carbonyl (C=O) groups excluding carboxylic acids is 1. The summed E-state index contributed by atoms with van der Waals surface area (Å²) in [6.45, 7) is 5.35. The van der Waals surface area contributed by atoms with Crippen molar-refractivity contribution >= 4 is 35.2 Å².